The monoisotopic (exact) mass is 442 g/mol. The minimum atomic E-state index is -3.72. The standard InChI is InChI=1S/C22H22N2O4S2/c1-2-28-19-7-9-20(10-8-19)30(26,27)23-18-6-5-16-11-12-24(15-17(16)14-18)22(25)21-4-3-13-29-21/h3-10,13-14,23H,2,11-12,15H2,1H3. The molecule has 0 unspecified atom stereocenters. The van der Waals surface area contributed by atoms with Gasteiger partial charge in [-0.15, -0.1) is 11.3 Å². The maximum absolute atomic E-state index is 12.8. The molecule has 0 spiro atoms. The number of hydrogen-bond acceptors (Lipinski definition) is 5. The summed E-state index contributed by atoms with van der Waals surface area (Å²) in [4.78, 5) is 15.3. The number of anilines is 1. The SMILES string of the molecule is CCOc1ccc(S(=O)(=O)Nc2ccc3c(c2)CN(C(=O)c2cccs2)CC3)cc1. The number of carbonyl (C=O) groups is 1. The van der Waals surface area contributed by atoms with Crippen molar-refractivity contribution in [3.63, 3.8) is 0 Å². The predicted octanol–water partition coefficient (Wildman–Crippen LogP) is 4.15. The zero-order valence-corrected chi connectivity index (χ0v) is 18.1. The summed E-state index contributed by atoms with van der Waals surface area (Å²) in [7, 11) is -3.72. The molecule has 0 saturated heterocycles. The van der Waals surface area contributed by atoms with Crippen molar-refractivity contribution in [1.82, 2.24) is 4.90 Å². The first-order valence-electron chi connectivity index (χ1n) is 9.66. The second-order valence-electron chi connectivity index (χ2n) is 6.95. The molecule has 1 N–H and O–H groups in total. The average Bonchev–Trinajstić information content (AvgIpc) is 3.28. The van der Waals surface area contributed by atoms with Crippen molar-refractivity contribution in [3.8, 4) is 5.75 Å². The predicted molar refractivity (Wildman–Crippen MR) is 118 cm³/mol. The summed E-state index contributed by atoms with van der Waals surface area (Å²) in [5.41, 5.74) is 2.57. The Morgan fingerprint density at radius 3 is 2.63 bits per heavy atom. The summed E-state index contributed by atoms with van der Waals surface area (Å²) in [5.74, 6) is 0.636. The molecule has 8 heteroatoms. The van der Waals surface area contributed by atoms with Gasteiger partial charge in [-0.25, -0.2) is 8.42 Å². The van der Waals surface area contributed by atoms with E-state index in [1.165, 1.54) is 23.5 Å². The second kappa shape index (κ2) is 8.49. The number of sulfonamides is 1. The molecule has 2 aromatic carbocycles. The van der Waals surface area contributed by atoms with Gasteiger partial charge < -0.3 is 9.64 Å². The molecule has 3 aromatic rings. The highest BCUT2D eigenvalue weighted by molar-refractivity contribution is 7.92. The van der Waals surface area contributed by atoms with Gasteiger partial charge in [0.1, 0.15) is 5.75 Å². The van der Waals surface area contributed by atoms with Crippen LogP contribution >= 0.6 is 11.3 Å². The van der Waals surface area contributed by atoms with Gasteiger partial charge >= 0.3 is 0 Å². The van der Waals surface area contributed by atoms with Crippen molar-refractivity contribution in [3.05, 3.63) is 76.0 Å². The lowest BCUT2D eigenvalue weighted by Gasteiger charge is -2.29. The molecule has 0 fully saturated rings. The fraction of sp³-hybridized carbons (Fsp3) is 0.227. The van der Waals surface area contributed by atoms with E-state index < -0.39 is 10.0 Å². The molecule has 0 atom stereocenters. The Morgan fingerprint density at radius 1 is 1.13 bits per heavy atom. The highest BCUT2D eigenvalue weighted by atomic mass is 32.2. The Morgan fingerprint density at radius 2 is 1.93 bits per heavy atom. The molecule has 1 aromatic heterocycles. The molecule has 6 nitrogen and oxygen atoms in total. The number of hydrogen-bond donors (Lipinski definition) is 1. The maximum atomic E-state index is 12.8. The number of fused-ring (bicyclic) bond motifs is 1. The molecule has 0 radical (unpaired) electrons. The molecule has 2 heterocycles. The van der Waals surface area contributed by atoms with Gasteiger partial charge in [0, 0.05) is 18.8 Å². The second-order valence-corrected chi connectivity index (χ2v) is 9.58. The first-order valence-corrected chi connectivity index (χ1v) is 12.0. The van der Waals surface area contributed by atoms with E-state index in [2.05, 4.69) is 4.72 Å². The van der Waals surface area contributed by atoms with Gasteiger partial charge in [-0.05, 0) is 72.3 Å². The fourth-order valence-electron chi connectivity index (χ4n) is 3.45. The van der Waals surface area contributed by atoms with Crippen molar-refractivity contribution in [2.45, 2.75) is 24.8 Å². The molecule has 0 saturated carbocycles. The highest BCUT2D eigenvalue weighted by Gasteiger charge is 2.23. The van der Waals surface area contributed by atoms with Gasteiger partial charge in [-0.3, -0.25) is 9.52 Å². The quantitative estimate of drug-likeness (QED) is 0.622. The van der Waals surface area contributed by atoms with Crippen molar-refractivity contribution in [2.75, 3.05) is 17.9 Å². The van der Waals surface area contributed by atoms with Crippen LogP contribution in [0.15, 0.2) is 64.9 Å². The molecular formula is C22H22N2O4S2. The van der Waals surface area contributed by atoms with Crippen LogP contribution in [-0.2, 0) is 23.0 Å². The summed E-state index contributed by atoms with van der Waals surface area (Å²) in [6.07, 6.45) is 0.748. The summed E-state index contributed by atoms with van der Waals surface area (Å²) in [6, 6.07) is 15.5. The average molecular weight is 443 g/mol. The Hall–Kier alpha value is -2.84. The smallest absolute Gasteiger partial charge is 0.264 e. The van der Waals surface area contributed by atoms with Gasteiger partial charge in [0.05, 0.1) is 16.4 Å². The van der Waals surface area contributed by atoms with E-state index in [-0.39, 0.29) is 10.8 Å². The lowest BCUT2D eigenvalue weighted by Crippen LogP contribution is -2.35. The maximum Gasteiger partial charge on any atom is 0.264 e. The van der Waals surface area contributed by atoms with Gasteiger partial charge in [0.2, 0.25) is 0 Å². The third-order valence-electron chi connectivity index (χ3n) is 4.93. The van der Waals surface area contributed by atoms with Gasteiger partial charge in [-0.2, -0.15) is 0 Å². The topological polar surface area (TPSA) is 75.7 Å². The van der Waals surface area contributed by atoms with E-state index in [1.807, 2.05) is 36.6 Å². The lowest BCUT2D eigenvalue weighted by atomic mass is 9.99. The van der Waals surface area contributed by atoms with Crippen LogP contribution in [0.2, 0.25) is 0 Å². The van der Waals surface area contributed by atoms with Crippen LogP contribution in [0.1, 0.15) is 27.7 Å². The number of amides is 1. The van der Waals surface area contributed by atoms with Crippen molar-refractivity contribution < 1.29 is 17.9 Å². The van der Waals surface area contributed by atoms with Crippen molar-refractivity contribution >= 4 is 33.0 Å². The molecule has 4 rings (SSSR count). The largest absolute Gasteiger partial charge is 0.494 e. The molecule has 30 heavy (non-hydrogen) atoms. The summed E-state index contributed by atoms with van der Waals surface area (Å²) >= 11 is 1.43. The first kappa shape index (κ1) is 20.4. The van der Waals surface area contributed by atoms with E-state index >= 15 is 0 Å². The molecule has 0 bridgehead atoms. The van der Waals surface area contributed by atoms with Crippen LogP contribution in [0.5, 0.6) is 5.75 Å². The van der Waals surface area contributed by atoms with Crippen molar-refractivity contribution in [2.24, 2.45) is 0 Å². The highest BCUT2D eigenvalue weighted by Crippen LogP contribution is 2.26. The van der Waals surface area contributed by atoms with Gasteiger partial charge in [0.25, 0.3) is 15.9 Å². The Bertz CT molecular complexity index is 1140. The molecular weight excluding hydrogens is 420 g/mol. The van der Waals surface area contributed by atoms with Crippen LogP contribution in [0.3, 0.4) is 0 Å². The van der Waals surface area contributed by atoms with Gasteiger partial charge in [-0.1, -0.05) is 12.1 Å². The van der Waals surface area contributed by atoms with E-state index in [0.717, 1.165) is 17.5 Å². The normalized spacial score (nSPS) is 13.6. The van der Waals surface area contributed by atoms with Crippen LogP contribution in [0, 0.1) is 0 Å². The van der Waals surface area contributed by atoms with Crippen LogP contribution in [0.4, 0.5) is 5.69 Å². The van der Waals surface area contributed by atoms with Crippen LogP contribution in [0.25, 0.3) is 0 Å². The van der Waals surface area contributed by atoms with E-state index in [1.54, 1.807) is 23.1 Å². The number of benzene rings is 2. The Balaban J connectivity index is 1.51. The number of thiophene rings is 1. The zero-order valence-electron chi connectivity index (χ0n) is 16.5. The third kappa shape index (κ3) is 4.34. The van der Waals surface area contributed by atoms with Crippen LogP contribution < -0.4 is 9.46 Å². The number of ether oxygens (including phenoxy) is 1. The molecule has 1 aliphatic rings. The summed E-state index contributed by atoms with van der Waals surface area (Å²) < 4.78 is 33.5. The Kier molecular flexibility index (Phi) is 5.78. The molecule has 156 valence electrons. The molecule has 0 aliphatic carbocycles. The minimum Gasteiger partial charge on any atom is -0.494 e. The number of nitrogens with one attached hydrogen (secondary N) is 1. The fourth-order valence-corrected chi connectivity index (χ4v) is 5.19. The number of carbonyl (C=O) groups excluding carboxylic acids is 1. The molecule has 1 aliphatic heterocycles. The number of nitrogens with zero attached hydrogens (tertiary/aromatic N) is 1. The van der Waals surface area contributed by atoms with Crippen LogP contribution in [-0.4, -0.2) is 32.4 Å². The third-order valence-corrected chi connectivity index (χ3v) is 7.19. The molecule has 1 amide bonds. The van der Waals surface area contributed by atoms with Gasteiger partial charge in [0.15, 0.2) is 0 Å². The zero-order chi connectivity index (χ0) is 21.1. The minimum absolute atomic E-state index is 0.0102. The lowest BCUT2D eigenvalue weighted by molar-refractivity contribution is 0.0739. The Labute approximate surface area is 180 Å². The van der Waals surface area contributed by atoms with Crippen molar-refractivity contribution in [1.29, 1.82) is 0 Å². The van der Waals surface area contributed by atoms with E-state index in [9.17, 15) is 13.2 Å². The first-order chi connectivity index (χ1) is 14.5. The summed E-state index contributed by atoms with van der Waals surface area (Å²) in [5, 5.41) is 1.89. The number of rotatable bonds is 6. The van der Waals surface area contributed by atoms with E-state index in [4.69, 9.17) is 4.74 Å². The van der Waals surface area contributed by atoms with E-state index in [0.29, 0.717) is 36.0 Å². The summed E-state index contributed by atoms with van der Waals surface area (Å²) in [6.45, 7) is 3.51.